The van der Waals surface area contributed by atoms with E-state index < -0.39 is 6.29 Å². The molecule has 1 aromatic carbocycles. The summed E-state index contributed by atoms with van der Waals surface area (Å²) in [5, 5.41) is 0. The zero-order valence-electron chi connectivity index (χ0n) is 15.4. The molecule has 0 amide bonds. The Morgan fingerprint density at radius 1 is 1.12 bits per heavy atom. The number of rotatable bonds is 8. The predicted octanol–water partition coefficient (Wildman–Crippen LogP) is 5.69. The van der Waals surface area contributed by atoms with E-state index in [1.54, 1.807) is 0 Å². The van der Waals surface area contributed by atoms with E-state index >= 15 is 0 Å². The van der Waals surface area contributed by atoms with Crippen molar-refractivity contribution >= 4 is 5.97 Å². The highest BCUT2D eigenvalue weighted by Gasteiger charge is 2.22. The van der Waals surface area contributed by atoms with Crippen molar-refractivity contribution in [2.75, 3.05) is 6.61 Å². The first-order valence-corrected chi connectivity index (χ1v) is 9.56. The summed E-state index contributed by atoms with van der Waals surface area (Å²) in [6.07, 6.45) is 7.86. The van der Waals surface area contributed by atoms with Crippen LogP contribution < -0.4 is 0 Å². The zero-order chi connectivity index (χ0) is 17.4. The lowest BCUT2D eigenvalue weighted by molar-refractivity contribution is -0.118. The minimum Gasteiger partial charge on any atom is -0.432 e. The molecule has 2 atom stereocenters. The summed E-state index contributed by atoms with van der Waals surface area (Å²) in [5.74, 6) is 0.855. The quantitative estimate of drug-likeness (QED) is 0.453. The molecule has 1 fully saturated rings. The lowest BCUT2D eigenvalue weighted by Crippen LogP contribution is -2.25. The van der Waals surface area contributed by atoms with Crippen molar-refractivity contribution in [2.24, 2.45) is 5.92 Å². The van der Waals surface area contributed by atoms with Gasteiger partial charge in [0.1, 0.15) is 0 Å². The number of benzene rings is 1. The summed E-state index contributed by atoms with van der Waals surface area (Å²) < 4.78 is 11.3. The van der Waals surface area contributed by atoms with Crippen molar-refractivity contribution in [2.45, 2.75) is 77.9 Å². The van der Waals surface area contributed by atoms with Gasteiger partial charge in [-0.05, 0) is 42.9 Å². The van der Waals surface area contributed by atoms with Crippen LogP contribution in [0.5, 0.6) is 0 Å². The third kappa shape index (κ3) is 5.62. The highest BCUT2D eigenvalue weighted by atomic mass is 16.7. The molecule has 0 spiro atoms. The number of ether oxygens (including phenoxy) is 2. The van der Waals surface area contributed by atoms with Crippen LogP contribution in [0.15, 0.2) is 24.3 Å². The van der Waals surface area contributed by atoms with Gasteiger partial charge in [-0.1, -0.05) is 58.1 Å². The van der Waals surface area contributed by atoms with Crippen LogP contribution >= 0.6 is 0 Å². The second-order valence-electron chi connectivity index (χ2n) is 6.96. The Morgan fingerprint density at radius 2 is 1.79 bits per heavy atom. The molecule has 0 aromatic heterocycles. The molecule has 2 unspecified atom stereocenters. The smallest absolute Gasteiger partial charge is 0.340 e. The normalized spacial score (nSPS) is 18.1. The monoisotopic (exact) mass is 332 g/mol. The highest BCUT2D eigenvalue weighted by molar-refractivity contribution is 5.89. The van der Waals surface area contributed by atoms with Crippen molar-refractivity contribution in [3.8, 4) is 0 Å². The maximum Gasteiger partial charge on any atom is 0.340 e. The minimum atomic E-state index is -0.417. The molecule has 0 radical (unpaired) electrons. The van der Waals surface area contributed by atoms with E-state index in [2.05, 4.69) is 13.8 Å². The van der Waals surface area contributed by atoms with Gasteiger partial charge in [-0.15, -0.1) is 0 Å². The SMILES string of the molecule is CCOC(CC1CCCCC1)OC(=O)c1ccc(C(C)CC)cc1. The average Bonchev–Trinajstić information content (AvgIpc) is 2.62. The minimum absolute atomic E-state index is 0.278. The van der Waals surface area contributed by atoms with E-state index in [1.165, 1.54) is 37.7 Å². The second-order valence-corrected chi connectivity index (χ2v) is 6.96. The van der Waals surface area contributed by atoms with Crippen molar-refractivity contribution in [3.05, 3.63) is 35.4 Å². The molecule has 0 aliphatic heterocycles. The summed E-state index contributed by atoms with van der Waals surface area (Å²) in [6, 6.07) is 7.80. The van der Waals surface area contributed by atoms with Gasteiger partial charge in [-0.3, -0.25) is 0 Å². The van der Waals surface area contributed by atoms with Gasteiger partial charge in [0, 0.05) is 13.0 Å². The Labute approximate surface area is 146 Å². The molecule has 1 aliphatic rings. The first kappa shape index (κ1) is 19.0. The largest absolute Gasteiger partial charge is 0.432 e. The van der Waals surface area contributed by atoms with Crippen LogP contribution in [-0.2, 0) is 9.47 Å². The summed E-state index contributed by atoms with van der Waals surface area (Å²) in [5.41, 5.74) is 1.87. The van der Waals surface area contributed by atoms with Crippen molar-refractivity contribution in [3.63, 3.8) is 0 Å². The summed E-state index contributed by atoms with van der Waals surface area (Å²) in [6.45, 7) is 6.88. The lowest BCUT2D eigenvalue weighted by Gasteiger charge is -2.26. The molecule has 24 heavy (non-hydrogen) atoms. The molecule has 3 heteroatoms. The van der Waals surface area contributed by atoms with Gasteiger partial charge in [0.05, 0.1) is 5.56 Å². The molecule has 2 rings (SSSR count). The molecular weight excluding hydrogens is 300 g/mol. The van der Waals surface area contributed by atoms with Crippen LogP contribution in [0.3, 0.4) is 0 Å². The number of hydrogen-bond donors (Lipinski definition) is 0. The zero-order valence-corrected chi connectivity index (χ0v) is 15.4. The van der Waals surface area contributed by atoms with Crippen LogP contribution in [0, 0.1) is 5.92 Å². The lowest BCUT2D eigenvalue weighted by atomic mass is 9.87. The van der Waals surface area contributed by atoms with E-state index in [0.29, 0.717) is 24.0 Å². The first-order valence-electron chi connectivity index (χ1n) is 9.56. The van der Waals surface area contributed by atoms with Gasteiger partial charge < -0.3 is 9.47 Å². The topological polar surface area (TPSA) is 35.5 Å². The van der Waals surface area contributed by atoms with Crippen LogP contribution in [0.2, 0.25) is 0 Å². The number of esters is 1. The second kappa shape index (κ2) is 9.83. The molecule has 1 aromatic rings. The third-order valence-corrected chi connectivity index (χ3v) is 5.17. The van der Waals surface area contributed by atoms with Gasteiger partial charge in [-0.25, -0.2) is 4.79 Å². The van der Waals surface area contributed by atoms with Crippen LogP contribution in [0.1, 0.15) is 87.6 Å². The Balaban J connectivity index is 1.93. The van der Waals surface area contributed by atoms with Crippen molar-refractivity contribution in [1.29, 1.82) is 0 Å². The summed E-state index contributed by atoms with van der Waals surface area (Å²) >= 11 is 0. The fourth-order valence-electron chi connectivity index (χ4n) is 3.40. The molecule has 0 saturated heterocycles. The van der Waals surface area contributed by atoms with E-state index in [0.717, 1.165) is 12.8 Å². The highest BCUT2D eigenvalue weighted by Crippen LogP contribution is 2.28. The van der Waals surface area contributed by atoms with E-state index in [4.69, 9.17) is 9.47 Å². The van der Waals surface area contributed by atoms with Crippen LogP contribution in [-0.4, -0.2) is 18.9 Å². The van der Waals surface area contributed by atoms with Crippen LogP contribution in [0.4, 0.5) is 0 Å². The van der Waals surface area contributed by atoms with Crippen LogP contribution in [0.25, 0.3) is 0 Å². The maximum absolute atomic E-state index is 12.4. The van der Waals surface area contributed by atoms with Crippen molar-refractivity contribution in [1.82, 2.24) is 0 Å². The maximum atomic E-state index is 12.4. The fraction of sp³-hybridized carbons (Fsp3) is 0.667. The number of carbonyl (C=O) groups is 1. The Hall–Kier alpha value is -1.35. The molecule has 134 valence electrons. The van der Waals surface area contributed by atoms with Gasteiger partial charge in [-0.2, -0.15) is 0 Å². The summed E-state index contributed by atoms with van der Waals surface area (Å²) in [4.78, 5) is 12.4. The molecule has 3 nitrogen and oxygen atoms in total. The van der Waals surface area contributed by atoms with E-state index in [9.17, 15) is 4.79 Å². The molecule has 1 aliphatic carbocycles. The Morgan fingerprint density at radius 3 is 2.38 bits per heavy atom. The standard InChI is InChI=1S/C21H32O3/c1-4-16(3)18-11-13-19(14-12-18)21(22)24-20(23-5-2)15-17-9-7-6-8-10-17/h11-14,16-17,20H,4-10,15H2,1-3H3. The van der Waals surface area contributed by atoms with Gasteiger partial charge in [0.15, 0.2) is 0 Å². The summed E-state index contributed by atoms with van der Waals surface area (Å²) in [7, 11) is 0. The van der Waals surface area contributed by atoms with E-state index in [1.807, 2.05) is 31.2 Å². The molecule has 1 saturated carbocycles. The predicted molar refractivity (Wildman–Crippen MR) is 97.2 cm³/mol. The fourth-order valence-corrected chi connectivity index (χ4v) is 3.40. The number of carbonyl (C=O) groups excluding carboxylic acids is 1. The van der Waals surface area contributed by atoms with Crippen molar-refractivity contribution < 1.29 is 14.3 Å². The number of hydrogen-bond acceptors (Lipinski definition) is 3. The average molecular weight is 332 g/mol. The first-order chi connectivity index (χ1) is 11.6. The molecular formula is C21H32O3. The molecule has 0 heterocycles. The van der Waals surface area contributed by atoms with Gasteiger partial charge >= 0.3 is 5.97 Å². The Kier molecular flexibility index (Phi) is 7.77. The Bertz CT molecular complexity index is 488. The van der Waals surface area contributed by atoms with Gasteiger partial charge in [0.2, 0.25) is 6.29 Å². The third-order valence-electron chi connectivity index (χ3n) is 5.17. The van der Waals surface area contributed by atoms with Gasteiger partial charge in [0.25, 0.3) is 0 Å². The van der Waals surface area contributed by atoms with E-state index in [-0.39, 0.29) is 5.97 Å². The molecule has 0 bridgehead atoms. The molecule has 0 N–H and O–H groups in total.